The van der Waals surface area contributed by atoms with Crippen LogP contribution in [0, 0.1) is 24.7 Å². The van der Waals surface area contributed by atoms with Crippen molar-refractivity contribution in [3.8, 4) is 22.3 Å². The fourth-order valence-corrected chi connectivity index (χ4v) is 3.77. The first-order valence-corrected chi connectivity index (χ1v) is 10.9. The van der Waals surface area contributed by atoms with Gasteiger partial charge in [0, 0.05) is 11.5 Å². The average molecular weight is 447 g/mol. The van der Waals surface area contributed by atoms with E-state index in [0.29, 0.717) is 11.6 Å². The first-order valence-electron chi connectivity index (χ1n) is 10.1. The zero-order valence-corrected chi connectivity index (χ0v) is 18.6. The van der Waals surface area contributed by atoms with Gasteiger partial charge in [-0.1, -0.05) is 54.3 Å². The van der Waals surface area contributed by atoms with Gasteiger partial charge in [0.1, 0.15) is 6.10 Å². The summed E-state index contributed by atoms with van der Waals surface area (Å²) in [5.41, 5.74) is 4.42. The van der Waals surface area contributed by atoms with E-state index in [1.165, 1.54) is 24.4 Å². The molecule has 1 saturated carbocycles. The van der Waals surface area contributed by atoms with Crippen LogP contribution in [0.1, 0.15) is 42.7 Å². The Morgan fingerprint density at radius 1 is 1.12 bits per heavy atom. The maximum Gasteiger partial charge on any atom is 0.412 e. The summed E-state index contributed by atoms with van der Waals surface area (Å²) in [7, 11) is 0. The van der Waals surface area contributed by atoms with E-state index in [2.05, 4.69) is 21.5 Å². The molecule has 1 fully saturated rings. The summed E-state index contributed by atoms with van der Waals surface area (Å²) in [4.78, 5) is 29.6. The number of carbonyl (C=O) groups is 1. The van der Waals surface area contributed by atoms with Gasteiger partial charge in [-0.05, 0) is 61.5 Å². The minimum atomic E-state index is -0.488. The summed E-state index contributed by atoms with van der Waals surface area (Å²) in [6, 6.07) is 17.7. The van der Waals surface area contributed by atoms with Gasteiger partial charge in [0.2, 0.25) is 0 Å². The van der Waals surface area contributed by atoms with Crippen LogP contribution >= 0.6 is 11.5 Å². The van der Waals surface area contributed by atoms with Crippen LogP contribution < -0.4 is 5.32 Å². The van der Waals surface area contributed by atoms with Gasteiger partial charge in [-0.25, -0.2) is 4.79 Å². The molecule has 0 bridgehead atoms. The van der Waals surface area contributed by atoms with Crippen LogP contribution in [-0.2, 0) is 14.3 Å². The highest BCUT2D eigenvalue weighted by molar-refractivity contribution is 7.10. The third kappa shape index (κ3) is 6.39. The van der Waals surface area contributed by atoms with Crippen molar-refractivity contribution in [3.05, 3.63) is 71.4 Å². The van der Waals surface area contributed by atoms with Crippen molar-refractivity contribution in [2.75, 3.05) is 5.32 Å². The monoisotopic (exact) mass is 446 g/mol. The first kappa shape index (κ1) is 23.0. The number of aryl methyl sites for hydroxylation is 1. The van der Waals surface area contributed by atoms with Crippen LogP contribution in [0.15, 0.2) is 54.6 Å². The number of hydrogen-bond acceptors (Lipinski definition) is 6. The van der Waals surface area contributed by atoms with Crippen LogP contribution in [0.25, 0.3) is 10.4 Å². The summed E-state index contributed by atoms with van der Waals surface area (Å²) >= 11 is 1.36. The summed E-state index contributed by atoms with van der Waals surface area (Å²) in [6.45, 7) is 3.74. The Balaban J connectivity index is 0.000000913. The molecule has 1 aliphatic rings. The van der Waals surface area contributed by atoms with E-state index in [1.54, 1.807) is 0 Å². The molecule has 1 N–H and O–H groups in total. The van der Waals surface area contributed by atoms with Crippen molar-refractivity contribution in [2.24, 2.45) is 5.92 Å². The molecule has 32 heavy (non-hydrogen) atoms. The predicted octanol–water partition coefficient (Wildman–Crippen LogP) is 5.61. The smallest absolute Gasteiger partial charge is 0.412 e. The number of carbonyl (C=O) groups excluding carboxylic acids is 3. The SMILES string of the molecule is Cc1nsc(-c2ccc(C#CC3CC3)cc2)c1NC(=O)OC(C)c1ccccc1.O=C=O. The van der Waals surface area contributed by atoms with Gasteiger partial charge in [0.05, 0.1) is 16.3 Å². The minimum absolute atomic E-state index is 0.250. The maximum absolute atomic E-state index is 12.5. The number of amides is 1. The van der Waals surface area contributed by atoms with Gasteiger partial charge >= 0.3 is 12.2 Å². The molecule has 0 radical (unpaired) electrons. The van der Waals surface area contributed by atoms with E-state index in [1.807, 2.05) is 68.4 Å². The van der Waals surface area contributed by atoms with Crippen molar-refractivity contribution in [1.82, 2.24) is 4.37 Å². The third-order valence-electron chi connectivity index (χ3n) is 4.79. The van der Waals surface area contributed by atoms with E-state index in [4.69, 9.17) is 14.3 Å². The molecule has 6 nitrogen and oxygen atoms in total. The topological polar surface area (TPSA) is 85.4 Å². The standard InChI is InChI=1S/C24H22N2O2S.CO2/c1-16-22(25-24(27)28-17(2)20-6-4-3-5-7-20)23(29-26-16)21-14-12-19(13-15-21)11-10-18-8-9-18;2-1-3/h3-7,12-15,17-18H,8-9H2,1-2H3,(H,25,27);. The van der Waals surface area contributed by atoms with Crippen molar-refractivity contribution >= 4 is 29.5 Å². The Hall–Kier alpha value is -3.72. The van der Waals surface area contributed by atoms with Gasteiger partial charge < -0.3 is 4.74 Å². The van der Waals surface area contributed by atoms with E-state index < -0.39 is 6.09 Å². The van der Waals surface area contributed by atoms with Gasteiger partial charge in [-0.2, -0.15) is 14.0 Å². The van der Waals surface area contributed by atoms with Gasteiger partial charge in [0.15, 0.2) is 0 Å². The molecule has 2 aromatic carbocycles. The van der Waals surface area contributed by atoms with Crippen molar-refractivity contribution in [2.45, 2.75) is 32.8 Å². The summed E-state index contributed by atoms with van der Waals surface area (Å²) in [5.74, 6) is 7.08. The van der Waals surface area contributed by atoms with Crippen LogP contribution in [0.3, 0.4) is 0 Å². The van der Waals surface area contributed by atoms with E-state index in [9.17, 15) is 4.79 Å². The molecular weight excluding hydrogens is 424 g/mol. The number of rotatable bonds is 4. The lowest BCUT2D eigenvalue weighted by atomic mass is 10.1. The second-order valence-electron chi connectivity index (χ2n) is 7.26. The number of anilines is 1. The Morgan fingerprint density at radius 2 is 1.78 bits per heavy atom. The van der Waals surface area contributed by atoms with Crippen molar-refractivity contribution < 1.29 is 19.1 Å². The highest BCUT2D eigenvalue weighted by Crippen LogP contribution is 2.35. The number of benzene rings is 2. The zero-order chi connectivity index (χ0) is 22.9. The normalized spacial score (nSPS) is 12.8. The predicted molar refractivity (Wildman–Crippen MR) is 122 cm³/mol. The van der Waals surface area contributed by atoms with Crippen LogP contribution in [0.5, 0.6) is 0 Å². The molecule has 1 amide bonds. The van der Waals surface area contributed by atoms with Crippen LogP contribution in [0.4, 0.5) is 10.5 Å². The number of aromatic nitrogens is 1. The highest BCUT2D eigenvalue weighted by Gasteiger charge is 2.19. The zero-order valence-electron chi connectivity index (χ0n) is 17.8. The first-order chi connectivity index (χ1) is 15.5. The fourth-order valence-electron chi connectivity index (χ4n) is 2.92. The van der Waals surface area contributed by atoms with Crippen molar-refractivity contribution in [1.29, 1.82) is 0 Å². The van der Waals surface area contributed by atoms with Crippen LogP contribution in [-0.4, -0.2) is 16.6 Å². The number of nitrogens with one attached hydrogen (secondary N) is 1. The number of nitrogens with zero attached hydrogens (tertiary/aromatic N) is 1. The molecule has 1 aromatic heterocycles. The van der Waals surface area contributed by atoms with Gasteiger partial charge in [0.25, 0.3) is 0 Å². The maximum atomic E-state index is 12.5. The molecular formula is C25H22N2O4S. The Morgan fingerprint density at radius 3 is 2.41 bits per heavy atom. The largest absolute Gasteiger partial charge is 0.441 e. The molecule has 1 aliphatic carbocycles. The molecule has 1 unspecified atom stereocenters. The molecule has 3 aromatic rings. The molecule has 1 atom stereocenters. The number of hydrogen-bond donors (Lipinski definition) is 1. The summed E-state index contributed by atoms with van der Waals surface area (Å²) in [6.07, 6.45) is 1.87. The Labute approximate surface area is 190 Å². The van der Waals surface area contributed by atoms with E-state index in [-0.39, 0.29) is 12.3 Å². The average Bonchev–Trinajstić information content (AvgIpc) is 3.57. The lowest BCUT2D eigenvalue weighted by Crippen LogP contribution is -2.16. The molecule has 0 spiro atoms. The highest BCUT2D eigenvalue weighted by atomic mass is 32.1. The molecule has 0 saturated heterocycles. The van der Waals surface area contributed by atoms with E-state index >= 15 is 0 Å². The molecule has 4 rings (SSSR count). The summed E-state index contributed by atoms with van der Waals surface area (Å²) < 4.78 is 9.96. The van der Waals surface area contributed by atoms with E-state index in [0.717, 1.165) is 27.3 Å². The minimum Gasteiger partial charge on any atom is -0.441 e. The molecule has 162 valence electrons. The lowest BCUT2D eigenvalue weighted by molar-refractivity contribution is -0.191. The molecule has 1 heterocycles. The lowest BCUT2D eigenvalue weighted by Gasteiger charge is -2.14. The fraction of sp³-hybridized carbons (Fsp3) is 0.240. The van der Waals surface area contributed by atoms with Gasteiger partial charge in [-0.15, -0.1) is 0 Å². The third-order valence-corrected chi connectivity index (χ3v) is 5.78. The van der Waals surface area contributed by atoms with Crippen molar-refractivity contribution in [3.63, 3.8) is 0 Å². The molecule has 0 aliphatic heterocycles. The summed E-state index contributed by atoms with van der Waals surface area (Å²) in [5, 5.41) is 2.88. The van der Waals surface area contributed by atoms with Gasteiger partial charge in [-0.3, -0.25) is 5.32 Å². The molecule has 7 heteroatoms. The Bertz CT molecular complexity index is 1150. The Kier molecular flexibility index (Phi) is 7.93. The second kappa shape index (κ2) is 11.1. The van der Waals surface area contributed by atoms with Crippen LogP contribution in [0.2, 0.25) is 0 Å². The second-order valence-corrected chi connectivity index (χ2v) is 8.03. The quantitative estimate of drug-likeness (QED) is 0.527. The number of ether oxygens (including phenoxy) is 1.